The van der Waals surface area contributed by atoms with Crippen LogP contribution in [0.4, 0.5) is 13.2 Å². The van der Waals surface area contributed by atoms with Crippen molar-refractivity contribution < 1.29 is 18.0 Å². The fraction of sp³-hybridized carbons (Fsp3) is 0.136. The van der Waals surface area contributed by atoms with E-state index in [0.717, 1.165) is 17.0 Å². The van der Waals surface area contributed by atoms with Gasteiger partial charge < -0.3 is 0 Å². The third kappa shape index (κ3) is 4.38. The molecule has 152 valence electrons. The smallest absolute Gasteiger partial charge is 0.272 e. The zero-order chi connectivity index (χ0) is 21.1. The lowest BCUT2D eigenvalue weighted by atomic mass is 10.1. The van der Waals surface area contributed by atoms with Crippen LogP contribution < -0.4 is 0 Å². The van der Waals surface area contributed by atoms with Crippen LogP contribution in [0.3, 0.4) is 0 Å². The number of para-hydroxylation sites is 1. The molecule has 4 nitrogen and oxygen atoms in total. The molecule has 0 amide bonds. The molecule has 0 aliphatic heterocycles. The predicted molar refractivity (Wildman–Crippen MR) is 109 cm³/mol. The summed E-state index contributed by atoms with van der Waals surface area (Å²) < 4.78 is 40.0. The molecule has 0 N–H and O–H groups in total. The molecule has 1 heterocycles. The topological polar surface area (TPSA) is 47.8 Å². The Morgan fingerprint density at radius 1 is 0.933 bits per heavy atom. The highest BCUT2D eigenvalue weighted by Crippen LogP contribution is 2.39. The van der Waals surface area contributed by atoms with Crippen molar-refractivity contribution in [2.75, 3.05) is 0 Å². The van der Waals surface area contributed by atoms with Crippen LogP contribution in [0.1, 0.15) is 27.6 Å². The van der Waals surface area contributed by atoms with Gasteiger partial charge in [-0.2, -0.15) is 17.9 Å². The van der Waals surface area contributed by atoms with Crippen LogP contribution in [0.15, 0.2) is 83.8 Å². The molecule has 0 fully saturated rings. The zero-order valence-corrected chi connectivity index (χ0v) is 16.4. The Balaban J connectivity index is 1.64. The minimum Gasteiger partial charge on any atom is -0.272 e. The molecule has 30 heavy (non-hydrogen) atoms. The first kappa shape index (κ1) is 20.2. The summed E-state index contributed by atoms with van der Waals surface area (Å²) in [5, 5.41) is 7.57. The van der Waals surface area contributed by atoms with E-state index in [9.17, 15) is 18.0 Å². The van der Waals surface area contributed by atoms with E-state index in [2.05, 4.69) is 10.3 Å². The number of benzene rings is 3. The quantitative estimate of drug-likeness (QED) is 0.366. The highest BCUT2D eigenvalue weighted by atomic mass is 32.2. The van der Waals surface area contributed by atoms with Crippen molar-refractivity contribution in [1.82, 2.24) is 15.0 Å². The maximum absolute atomic E-state index is 13.0. The monoisotopic (exact) mass is 427 g/mol. The van der Waals surface area contributed by atoms with Crippen molar-refractivity contribution in [1.29, 1.82) is 0 Å². The van der Waals surface area contributed by atoms with Crippen LogP contribution in [-0.2, 0) is 6.18 Å². The van der Waals surface area contributed by atoms with Crippen molar-refractivity contribution >= 4 is 28.7 Å². The van der Waals surface area contributed by atoms with Gasteiger partial charge in [0.2, 0.25) is 5.91 Å². The first-order valence-electron chi connectivity index (χ1n) is 9.14. The molecule has 0 radical (unpaired) electrons. The van der Waals surface area contributed by atoms with Gasteiger partial charge in [0.1, 0.15) is 5.52 Å². The minimum absolute atomic E-state index is 0.0538. The van der Waals surface area contributed by atoms with Crippen molar-refractivity contribution in [2.24, 2.45) is 0 Å². The Morgan fingerprint density at radius 2 is 1.60 bits per heavy atom. The normalized spacial score (nSPS) is 12.8. The summed E-state index contributed by atoms with van der Waals surface area (Å²) in [6, 6.07) is 21.5. The summed E-state index contributed by atoms with van der Waals surface area (Å²) in [6.45, 7) is 0. The molecular weight excluding hydrogens is 411 g/mol. The van der Waals surface area contributed by atoms with Gasteiger partial charge in [0, 0.05) is 16.6 Å². The first-order valence-corrected chi connectivity index (χ1v) is 10.0. The molecule has 0 saturated carbocycles. The Hall–Kier alpha value is -3.13. The van der Waals surface area contributed by atoms with E-state index in [0.29, 0.717) is 16.6 Å². The molecule has 0 bridgehead atoms. The molecule has 4 aromatic rings. The maximum Gasteiger partial charge on any atom is 0.416 e. The molecular formula is C22H16F3N3OS. The second-order valence-corrected chi connectivity index (χ2v) is 7.90. The van der Waals surface area contributed by atoms with E-state index >= 15 is 0 Å². The number of halogens is 3. The number of hydrogen-bond donors (Lipinski definition) is 0. The molecule has 1 atom stereocenters. The molecule has 1 unspecified atom stereocenters. The van der Waals surface area contributed by atoms with Gasteiger partial charge in [-0.1, -0.05) is 47.7 Å². The highest BCUT2D eigenvalue weighted by Gasteiger charge is 2.30. The van der Waals surface area contributed by atoms with Crippen LogP contribution in [0, 0.1) is 0 Å². The lowest BCUT2D eigenvalue weighted by Crippen LogP contribution is -2.15. The Kier molecular flexibility index (Phi) is 5.59. The second kappa shape index (κ2) is 8.31. The van der Waals surface area contributed by atoms with E-state index in [1.807, 2.05) is 36.4 Å². The van der Waals surface area contributed by atoms with Crippen LogP contribution in [-0.4, -0.2) is 20.9 Å². The highest BCUT2D eigenvalue weighted by molar-refractivity contribution is 7.99. The number of carbonyl (C=O) groups is 1. The fourth-order valence-electron chi connectivity index (χ4n) is 3.08. The average Bonchev–Trinajstić information content (AvgIpc) is 3.18. The van der Waals surface area contributed by atoms with Gasteiger partial charge in [-0.05, 0) is 42.0 Å². The summed E-state index contributed by atoms with van der Waals surface area (Å²) in [6.07, 6.45) is -4.35. The summed E-state index contributed by atoms with van der Waals surface area (Å²) in [5.74, 6) is -0.281. The van der Waals surface area contributed by atoms with E-state index in [4.69, 9.17) is 0 Å². The standard InChI is InChI=1S/C22H16F3N3OS/c23-22(24,25)16-12-10-15(11-13-16)20(30-17-6-2-1-3-7-17)14-21(29)28-19-9-5-4-8-18(19)26-27-28/h1-13,20H,14H2. The lowest BCUT2D eigenvalue weighted by molar-refractivity contribution is -0.137. The predicted octanol–water partition coefficient (Wildman–Crippen LogP) is 6.01. The third-order valence-electron chi connectivity index (χ3n) is 4.58. The van der Waals surface area contributed by atoms with Gasteiger partial charge in [-0.15, -0.1) is 16.9 Å². The molecule has 0 saturated heterocycles. The van der Waals surface area contributed by atoms with Gasteiger partial charge in [0.15, 0.2) is 0 Å². The Morgan fingerprint density at radius 3 is 2.30 bits per heavy atom. The molecule has 0 aliphatic rings. The number of rotatable bonds is 5. The molecule has 0 aliphatic carbocycles. The zero-order valence-electron chi connectivity index (χ0n) is 15.6. The molecule has 3 aromatic carbocycles. The summed E-state index contributed by atoms with van der Waals surface area (Å²) in [5.41, 5.74) is 1.11. The Labute approximate surface area is 174 Å². The second-order valence-electron chi connectivity index (χ2n) is 6.63. The fourth-order valence-corrected chi connectivity index (χ4v) is 4.24. The van der Waals surface area contributed by atoms with Crippen LogP contribution >= 0.6 is 11.8 Å². The van der Waals surface area contributed by atoms with Crippen LogP contribution in [0.25, 0.3) is 11.0 Å². The van der Waals surface area contributed by atoms with E-state index < -0.39 is 11.7 Å². The largest absolute Gasteiger partial charge is 0.416 e. The maximum atomic E-state index is 13.0. The molecule has 4 rings (SSSR count). The first-order chi connectivity index (χ1) is 14.4. The number of fused-ring (bicyclic) bond motifs is 1. The van der Waals surface area contributed by atoms with Crippen LogP contribution in [0.5, 0.6) is 0 Å². The third-order valence-corrected chi connectivity index (χ3v) is 5.85. The summed E-state index contributed by atoms with van der Waals surface area (Å²) in [7, 11) is 0. The van der Waals surface area contributed by atoms with Crippen molar-refractivity contribution in [3.8, 4) is 0 Å². The number of thioether (sulfide) groups is 1. The summed E-state index contributed by atoms with van der Waals surface area (Å²) in [4.78, 5) is 13.9. The number of carbonyl (C=O) groups excluding carboxylic acids is 1. The molecule has 0 spiro atoms. The van der Waals surface area contributed by atoms with E-state index in [1.54, 1.807) is 18.2 Å². The van der Waals surface area contributed by atoms with Gasteiger partial charge in [-0.3, -0.25) is 4.79 Å². The van der Waals surface area contributed by atoms with E-state index in [1.165, 1.54) is 28.6 Å². The van der Waals surface area contributed by atoms with Crippen molar-refractivity contribution in [3.05, 3.63) is 90.0 Å². The van der Waals surface area contributed by atoms with Crippen molar-refractivity contribution in [2.45, 2.75) is 22.7 Å². The number of nitrogens with zero attached hydrogens (tertiary/aromatic N) is 3. The SMILES string of the molecule is O=C(CC(Sc1ccccc1)c1ccc(C(F)(F)F)cc1)n1nnc2ccccc21. The van der Waals surface area contributed by atoms with E-state index in [-0.39, 0.29) is 17.6 Å². The van der Waals surface area contributed by atoms with Crippen LogP contribution in [0.2, 0.25) is 0 Å². The molecule has 8 heteroatoms. The number of hydrogen-bond acceptors (Lipinski definition) is 4. The lowest BCUT2D eigenvalue weighted by Gasteiger charge is -2.17. The minimum atomic E-state index is -4.41. The number of alkyl halides is 3. The average molecular weight is 427 g/mol. The van der Waals surface area contributed by atoms with Gasteiger partial charge in [0.05, 0.1) is 11.1 Å². The molecule has 1 aromatic heterocycles. The summed E-state index contributed by atoms with van der Waals surface area (Å²) >= 11 is 1.42. The Bertz CT molecular complexity index is 1160. The van der Waals surface area contributed by atoms with Gasteiger partial charge in [0.25, 0.3) is 0 Å². The van der Waals surface area contributed by atoms with Gasteiger partial charge in [-0.25, -0.2) is 0 Å². The van der Waals surface area contributed by atoms with Crippen molar-refractivity contribution in [3.63, 3.8) is 0 Å². The number of aromatic nitrogens is 3. The van der Waals surface area contributed by atoms with Gasteiger partial charge >= 0.3 is 6.18 Å².